The van der Waals surface area contributed by atoms with Crippen molar-refractivity contribution in [2.75, 3.05) is 13.2 Å². The van der Waals surface area contributed by atoms with Crippen LogP contribution in [0.2, 0.25) is 0 Å². The summed E-state index contributed by atoms with van der Waals surface area (Å²) >= 11 is 0. The molecule has 0 aromatic carbocycles. The fourth-order valence-electron chi connectivity index (χ4n) is 3.29. The van der Waals surface area contributed by atoms with E-state index < -0.39 is 5.54 Å². The van der Waals surface area contributed by atoms with E-state index in [9.17, 15) is 9.59 Å². The van der Waals surface area contributed by atoms with Gasteiger partial charge in [0, 0.05) is 13.2 Å². The van der Waals surface area contributed by atoms with Crippen molar-refractivity contribution in [1.82, 2.24) is 10.2 Å². The predicted molar refractivity (Wildman–Crippen MR) is 76.2 cm³/mol. The number of rotatable bonds is 5. The standard InChI is InChI=1S/C15H26N2O3/c18-12-8-4-7-11-17-13(19)15(16-14(17)20)9-5-2-1-3-6-10-15/h18H,1-12H2,(H,16,20). The molecule has 2 N–H and O–H groups in total. The third-order valence-corrected chi connectivity index (χ3v) is 4.49. The van der Waals surface area contributed by atoms with Gasteiger partial charge in [0.1, 0.15) is 5.54 Å². The van der Waals surface area contributed by atoms with E-state index in [1.807, 2.05) is 0 Å². The molecule has 1 spiro atoms. The highest BCUT2D eigenvalue weighted by molar-refractivity contribution is 6.07. The first kappa shape index (κ1) is 15.3. The Balaban J connectivity index is 1.95. The van der Waals surface area contributed by atoms with Gasteiger partial charge in [-0.3, -0.25) is 9.69 Å². The number of nitrogens with zero attached hydrogens (tertiary/aromatic N) is 1. The summed E-state index contributed by atoms with van der Waals surface area (Å²) in [5.74, 6) is -0.0200. The van der Waals surface area contributed by atoms with Crippen molar-refractivity contribution in [3.8, 4) is 0 Å². The zero-order valence-corrected chi connectivity index (χ0v) is 12.2. The Morgan fingerprint density at radius 2 is 1.65 bits per heavy atom. The molecule has 1 saturated carbocycles. The maximum atomic E-state index is 12.6. The minimum atomic E-state index is -0.617. The molecule has 5 heteroatoms. The van der Waals surface area contributed by atoms with Crippen molar-refractivity contribution in [2.24, 2.45) is 0 Å². The van der Waals surface area contributed by atoms with Crippen LogP contribution in [-0.4, -0.2) is 40.6 Å². The largest absolute Gasteiger partial charge is 0.396 e. The van der Waals surface area contributed by atoms with Gasteiger partial charge in [-0.15, -0.1) is 0 Å². The van der Waals surface area contributed by atoms with Crippen LogP contribution in [-0.2, 0) is 4.79 Å². The molecule has 0 radical (unpaired) electrons. The van der Waals surface area contributed by atoms with Crippen molar-refractivity contribution in [3.63, 3.8) is 0 Å². The number of hydrogen-bond donors (Lipinski definition) is 2. The first-order valence-corrected chi connectivity index (χ1v) is 7.95. The molecule has 114 valence electrons. The van der Waals surface area contributed by atoms with Crippen molar-refractivity contribution in [3.05, 3.63) is 0 Å². The van der Waals surface area contributed by atoms with Crippen LogP contribution in [0.3, 0.4) is 0 Å². The van der Waals surface area contributed by atoms with Gasteiger partial charge in [0.15, 0.2) is 0 Å². The highest BCUT2D eigenvalue weighted by atomic mass is 16.3. The second kappa shape index (κ2) is 7.07. The molecule has 0 unspecified atom stereocenters. The maximum absolute atomic E-state index is 12.6. The number of hydrogen-bond acceptors (Lipinski definition) is 3. The average molecular weight is 282 g/mol. The summed E-state index contributed by atoms with van der Waals surface area (Å²) in [5.41, 5.74) is -0.617. The Labute approximate surface area is 120 Å². The van der Waals surface area contributed by atoms with Crippen LogP contribution in [0.5, 0.6) is 0 Å². The second-order valence-corrected chi connectivity index (χ2v) is 6.02. The zero-order valence-electron chi connectivity index (χ0n) is 12.2. The van der Waals surface area contributed by atoms with Crippen LogP contribution < -0.4 is 5.32 Å². The molecule has 2 fully saturated rings. The van der Waals surface area contributed by atoms with Gasteiger partial charge in [0.05, 0.1) is 0 Å². The molecule has 5 nitrogen and oxygen atoms in total. The van der Waals surface area contributed by atoms with Crippen molar-refractivity contribution in [2.45, 2.75) is 69.7 Å². The van der Waals surface area contributed by atoms with Gasteiger partial charge in [-0.25, -0.2) is 4.79 Å². The van der Waals surface area contributed by atoms with Gasteiger partial charge in [0.25, 0.3) is 5.91 Å². The molecular weight excluding hydrogens is 256 g/mol. The number of nitrogens with one attached hydrogen (secondary N) is 1. The van der Waals surface area contributed by atoms with E-state index in [0.717, 1.165) is 57.8 Å². The fraction of sp³-hybridized carbons (Fsp3) is 0.867. The van der Waals surface area contributed by atoms with E-state index in [-0.39, 0.29) is 18.5 Å². The lowest BCUT2D eigenvalue weighted by atomic mass is 9.84. The highest BCUT2D eigenvalue weighted by Gasteiger charge is 2.49. The van der Waals surface area contributed by atoms with E-state index in [1.54, 1.807) is 0 Å². The number of unbranched alkanes of at least 4 members (excludes halogenated alkanes) is 2. The van der Waals surface area contributed by atoms with E-state index in [0.29, 0.717) is 6.54 Å². The summed E-state index contributed by atoms with van der Waals surface area (Å²) in [5, 5.41) is 11.7. The molecule has 0 bridgehead atoms. The minimum Gasteiger partial charge on any atom is -0.396 e. The third-order valence-electron chi connectivity index (χ3n) is 4.49. The van der Waals surface area contributed by atoms with Gasteiger partial charge >= 0.3 is 6.03 Å². The predicted octanol–water partition coefficient (Wildman–Crippen LogP) is 2.18. The average Bonchev–Trinajstić information content (AvgIpc) is 2.63. The summed E-state index contributed by atoms with van der Waals surface area (Å²) in [6, 6.07) is -0.223. The normalized spacial score (nSPS) is 22.8. The maximum Gasteiger partial charge on any atom is 0.325 e. The molecule has 2 rings (SSSR count). The van der Waals surface area contributed by atoms with Crippen LogP contribution in [0, 0.1) is 0 Å². The van der Waals surface area contributed by atoms with Crippen molar-refractivity contribution >= 4 is 11.9 Å². The quantitative estimate of drug-likeness (QED) is 0.600. The van der Waals surface area contributed by atoms with E-state index in [4.69, 9.17) is 5.11 Å². The lowest BCUT2D eigenvalue weighted by molar-refractivity contribution is -0.132. The smallest absolute Gasteiger partial charge is 0.325 e. The molecule has 0 aromatic rings. The van der Waals surface area contributed by atoms with Crippen LogP contribution in [0.4, 0.5) is 4.79 Å². The molecule has 0 aromatic heterocycles. The van der Waals surface area contributed by atoms with Gasteiger partial charge in [-0.2, -0.15) is 0 Å². The molecule has 1 heterocycles. The molecular formula is C15H26N2O3. The minimum absolute atomic E-state index is 0.0200. The molecule has 3 amide bonds. The lowest BCUT2D eigenvalue weighted by Gasteiger charge is -2.28. The summed E-state index contributed by atoms with van der Waals surface area (Å²) in [4.78, 5) is 26.1. The number of amides is 3. The number of aliphatic hydroxyl groups is 1. The summed E-state index contributed by atoms with van der Waals surface area (Å²) in [6.45, 7) is 0.649. The summed E-state index contributed by atoms with van der Waals surface area (Å²) in [6.07, 6.45) is 9.50. The third kappa shape index (κ3) is 3.32. The Bertz CT molecular complexity index is 349. The Hall–Kier alpha value is -1.10. The SMILES string of the molecule is O=C1NC2(CCCCCCC2)C(=O)N1CCCCCO. The summed E-state index contributed by atoms with van der Waals surface area (Å²) in [7, 11) is 0. The molecule has 2 aliphatic rings. The first-order valence-electron chi connectivity index (χ1n) is 7.95. The Morgan fingerprint density at radius 1 is 1.00 bits per heavy atom. The van der Waals surface area contributed by atoms with Gasteiger partial charge < -0.3 is 10.4 Å². The molecule has 1 saturated heterocycles. The number of carbonyl (C=O) groups excluding carboxylic acids is 2. The van der Waals surface area contributed by atoms with E-state index in [1.165, 1.54) is 11.3 Å². The van der Waals surface area contributed by atoms with E-state index in [2.05, 4.69) is 5.32 Å². The number of urea groups is 1. The molecule has 1 aliphatic carbocycles. The Morgan fingerprint density at radius 3 is 2.30 bits per heavy atom. The number of imide groups is 1. The van der Waals surface area contributed by atoms with Crippen LogP contribution in [0.15, 0.2) is 0 Å². The van der Waals surface area contributed by atoms with Crippen LogP contribution in [0.1, 0.15) is 64.2 Å². The Kier molecular flexibility index (Phi) is 5.40. The van der Waals surface area contributed by atoms with Crippen LogP contribution in [0.25, 0.3) is 0 Å². The molecule has 1 aliphatic heterocycles. The zero-order chi connectivity index (χ0) is 14.4. The topological polar surface area (TPSA) is 69.6 Å². The second-order valence-electron chi connectivity index (χ2n) is 6.02. The monoisotopic (exact) mass is 282 g/mol. The first-order chi connectivity index (χ1) is 9.69. The molecule has 0 atom stereocenters. The van der Waals surface area contributed by atoms with Crippen LogP contribution >= 0.6 is 0 Å². The van der Waals surface area contributed by atoms with Crippen molar-refractivity contribution in [1.29, 1.82) is 0 Å². The van der Waals surface area contributed by atoms with Crippen molar-refractivity contribution < 1.29 is 14.7 Å². The fourth-order valence-corrected chi connectivity index (χ4v) is 3.29. The van der Waals surface area contributed by atoms with Gasteiger partial charge in [-0.1, -0.05) is 32.1 Å². The molecule has 20 heavy (non-hydrogen) atoms. The van der Waals surface area contributed by atoms with Gasteiger partial charge in [-0.05, 0) is 32.1 Å². The highest BCUT2D eigenvalue weighted by Crippen LogP contribution is 2.32. The van der Waals surface area contributed by atoms with Gasteiger partial charge in [0.2, 0.25) is 0 Å². The number of carbonyl (C=O) groups is 2. The summed E-state index contributed by atoms with van der Waals surface area (Å²) < 4.78 is 0. The number of aliphatic hydroxyl groups excluding tert-OH is 1. The lowest BCUT2D eigenvalue weighted by Crippen LogP contribution is -2.47. The van der Waals surface area contributed by atoms with E-state index >= 15 is 0 Å².